The number of ether oxygens (including phenoxy) is 1. The average Bonchev–Trinajstić information content (AvgIpc) is 3.02. The number of carboxylic acid groups (broad SMARTS) is 2. The van der Waals surface area contributed by atoms with Crippen molar-refractivity contribution in [2.24, 2.45) is 0 Å². The highest BCUT2D eigenvalue weighted by molar-refractivity contribution is 8.26. The molecule has 1 aliphatic heterocycles. The number of hydrogen-bond donors (Lipinski definition) is 2. The van der Waals surface area contributed by atoms with Crippen LogP contribution in [-0.2, 0) is 14.4 Å². The Morgan fingerprint density at radius 3 is 2.41 bits per heavy atom. The van der Waals surface area contributed by atoms with Crippen molar-refractivity contribution in [1.82, 2.24) is 4.90 Å². The number of carbonyl (C=O) groups excluding carboxylic acids is 1. The van der Waals surface area contributed by atoms with E-state index in [9.17, 15) is 19.5 Å². The number of carboxylic acids is 2. The van der Waals surface area contributed by atoms with E-state index in [1.165, 1.54) is 25.7 Å². The Hall–Kier alpha value is -2.39. The molecule has 1 unspecified atom stereocenters. The van der Waals surface area contributed by atoms with Gasteiger partial charge in [-0.25, -0.2) is 4.79 Å². The molecule has 1 aromatic carbocycles. The number of nitrogens with zero attached hydrogens (tertiary/aromatic N) is 1. The zero-order valence-electron chi connectivity index (χ0n) is 18.1. The van der Waals surface area contributed by atoms with Gasteiger partial charge in [0.15, 0.2) is 0 Å². The minimum absolute atomic E-state index is 0.109. The molecule has 2 rings (SSSR count). The van der Waals surface area contributed by atoms with Gasteiger partial charge in [0.1, 0.15) is 16.1 Å². The maximum absolute atomic E-state index is 12.8. The van der Waals surface area contributed by atoms with Gasteiger partial charge in [-0.3, -0.25) is 14.5 Å². The highest BCUT2D eigenvalue weighted by Gasteiger charge is 2.40. The van der Waals surface area contributed by atoms with Crippen LogP contribution in [0.1, 0.15) is 63.9 Å². The number of unbranched alkanes of at least 4 members (excludes halogenated alkanes) is 5. The maximum Gasteiger partial charge on any atom is 0.326 e. The first kappa shape index (κ1) is 25.9. The van der Waals surface area contributed by atoms with E-state index in [2.05, 4.69) is 6.92 Å². The zero-order valence-corrected chi connectivity index (χ0v) is 19.8. The van der Waals surface area contributed by atoms with E-state index in [1.54, 1.807) is 6.08 Å². The summed E-state index contributed by atoms with van der Waals surface area (Å²) in [4.78, 5) is 36.5. The number of aliphatic carboxylic acids is 2. The molecule has 174 valence electrons. The second kappa shape index (κ2) is 13.2. The van der Waals surface area contributed by atoms with Crippen molar-refractivity contribution < 1.29 is 29.3 Å². The highest BCUT2D eigenvalue weighted by Crippen LogP contribution is 2.35. The van der Waals surface area contributed by atoms with Gasteiger partial charge in [-0.2, -0.15) is 0 Å². The van der Waals surface area contributed by atoms with Gasteiger partial charge in [-0.1, -0.05) is 75.1 Å². The number of thioether (sulfide) groups is 1. The van der Waals surface area contributed by atoms with E-state index in [0.717, 1.165) is 40.8 Å². The van der Waals surface area contributed by atoms with Gasteiger partial charge < -0.3 is 14.9 Å². The van der Waals surface area contributed by atoms with Crippen molar-refractivity contribution in [3.8, 4) is 5.75 Å². The van der Waals surface area contributed by atoms with Crippen molar-refractivity contribution >= 4 is 52.2 Å². The number of carbonyl (C=O) groups is 3. The van der Waals surface area contributed by atoms with Gasteiger partial charge >= 0.3 is 11.9 Å². The van der Waals surface area contributed by atoms with Crippen molar-refractivity contribution in [1.29, 1.82) is 0 Å². The van der Waals surface area contributed by atoms with Gasteiger partial charge in [0, 0.05) is 6.42 Å². The summed E-state index contributed by atoms with van der Waals surface area (Å²) in [5.74, 6) is -2.18. The molecule has 0 aliphatic carbocycles. The molecule has 1 aliphatic rings. The van der Waals surface area contributed by atoms with Crippen molar-refractivity contribution in [3.05, 3.63) is 34.7 Å². The van der Waals surface area contributed by atoms with E-state index in [-0.39, 0.29) is 17.2 Å². The fourth-order valence-corrected chi connectivity index (χ4v) is 4.61. The van der Waals surface area contributed by atoms with E-state index < -0.39 is 23.9 Å². The third-order valence-electron chi connectivity index (χ3n) is 5.00. The van der Waals surface area contributed by atoms with Crippen LogP contribution in [0.25, 0.3) is 6.08 Å². The van der Waals surface area contributed by atoms with Crippen LogP contribution in [0.2, 0.25) is 0 Å². The normalized spacial score (nSPS) is 15.9. The van der Waals surface area contributed by atoms with Gasteiger partial charge in [-0.15, -0.1) is 0 Å². The SMILES string of the molecule is CCCCCCCCOc1ccc(C=C2SC(=S)N(C(CCC(=O)O)C(=O)O)C2=O)cc1. The number of thiocarbonyl (C=S) groups is 1. The third kappa shape index (κ3) is 7.94. The first-order valence-corrected chi connectivity index (χ1v) is 12.0. The standard InChI is InChI=1S/C23H29NO6S2/c1-2-3-4-5-6-7-14-30-17-10-8-16(9-11-17)15-19-21(27)24(23(31)32-19)18(22(28)29)12-13-20(25)26/h8-11,15,18H,2-7,12-14H2,1H3,(H,25,26)(H,28,29). The van der Waals surface area contributed by atoms with Crippen LogP contribution in [0.5, 0.6) is 5.75 Å². The fourth-order valence-electron chi connectivity index (χ4n) is 3.26. The van der Waals surface area contributed by atoms with Crippen LogP contribution in [0.3, 0.4) is 0 Å². The number of benzene rings is 1. The van der Waals surface area contributed by atoms with Gasteiger partial charge in [0.25, 0.3) is 5.91 Å². The lowest BCUT2D eigenvalue weighted by Crippen LogP contribution is -2.44. The highest BCUT2D eigenvalue weighted by atomic mass is 32.2. The van der Waals surface area contributed by atoms with Crippen LogP contribution in [0.15, 0.2) is 29.2 Å². The lowest BCUT2D eigenvalue weighted by atomic mass is 10.1. The summed E-state index contributed by atoms with van der Waals surface area (Å²) >= 11 is 6.21. The Labute approximate surface area is 197 Å². The Morgan fingerprint density at radius 1 is 1.12 bits per heavy atom. The minimum atomic E-state index is -1.30. The molecular weight excluding hydrogens is 450 g/mol. The number of rotatable bonds is 14. The fraction of sp³-hybridized carbons (Fsp3) is 0.478. The van der Waals surface area contributed by atoms with Crippen LogP contribution in [0.4, 0.5) is 0 Å². The smallest absolute Gasteiger partial charge is 0.326 e. The molecular formula is C23H29NO6S2. The van der Waals surface area contributed by atoms with E-state index >= 15 is 0 Å². The van der Waals surface area contributed by atoms with E-state index in [4.69, 9.17) is 22.1 Å². The molecule has 1 amide bonds. The zero-order chi connectivity index (χ0) is 23.5. The summed E-state index contributed by atoms with van der Waals surface area (Å²) < 4.78 is 5.87. The van der Waals surface area contributed by atoms with Crippen LogP contribution >= 0.6 is 24.0 Å². The second-order valence-corrected chi connectivity index (χ2v) is 9.20. The molecule has 7 nitrogen and oxygen atoms in total. The topological polar surface area (TPSA) is 104 Å². The lowest BCUT2D eigenvalue weighted by molar-refractivity contribution is -0.146. The Morgan fingerprint density at radius 2 is 1.78 bits per heavy atom. The number of hydrogen-bond acceptors (Lipinski definition) is 6. The summed E-state index contributed by atoms with van der Waals surface area (Å²) in [7, 11) is 0. The molecule has 1 fully saturated rings. The van der Waals surface area contributed by atoms with Crippen molar-refractivity contribution in [3.63, 3.8) is 0 Å². The van der Waals surface area contributed by atoms with Crippen LogP contribution < -0.4 is 4.74 Å². The molecule has 1 heterocycles. The summed E-state index contributed by atoms with van der Waals surface area (Å²) in [5, 5.41) is 18.3. The van der Waals surface area contributed by atoms with Gasteiger partial charge in [0.05, 0.1) is 11.5 Å². The third-order valence-corrected chi connectivity index (χ3v) is 6.33. The average molecular weight is 480 g/mol. The lowest BCUT2D eigenvalue weighted by Gasteiger charge is -2.22. The monoisotopic (exact) mass is 479 g/mol. The number of amides is 1. The van der Waals surface area contributed by atoms with Crippen LogP contribution in [0, 0.1) is 0 Å². The summed E-state index contributed by atoms with van der Waals surface area (Å²) in [6, 6.07) is 6.00. The molecule has 0 saturated carbocycles. The Kier molecular flexibility index (Phi) is 10.7. The maximum atomic E-state index is 12.8. The molecule has 1 saturated heterocycles. The van der Waals surface area contributed by atoms with Gasteiger partial charge in [0.2, 0.25) is 0 Å². The van der Waals surface area contributed by atoms with Crippen molar-refractivity contribution in [2.75, 3.05) is 6.61 Å². The molecule has 0 aromatic heterocycles. The predicted molar refractivity (Wildman–Crippen MR) is 129 cm³/mol. The molecule has 0 spiro atoms. The molecule has 0 radical (unpaired) electrons. The minimum Gasteiger partial charge on any atom is -0.494 e. The summed E-state index contributed by atoms with van der Waals surface area (Å²) in [6.07, 6.45) is 8.25. The Balaban J connectivity index is 1.94. The summed E-state index contributed by atoms with van der Waals surface area (Å²) in [6.45, 7) is 2.86. The van der Waals surface area contributed by atoms with Crippen LogP contribution in [-0.4, -0.2) is 49.9 Å². The first-order valence-electron chi connectivity index (χ1n) is 10.8. The van der Waals surface area contributed by atoms with Crippen molar-refractivity contribution in [2.45, 2.75) is 64.3 Å². The first-order chi connectivity index (χ1) is 15.3. The summed E-state index contributed by atoms with van der Waals surface area (Å²) in [5.41, 5.74) is 0.759. The molecule has 1 atom stereocenters. The van der Waals surface area contributed by atoms with E-state index in [0.29, 0.717) is 11.5 Å². The van der Waals surface area contributed by atoms with E-state index in [1.807, 2.05) is 24.3 Å². The molecule has 1 aromatic rings. The predicted octanol–water partition coefficient (Wildman–Crippen LogP) is 4.95. The molecule has 2 N–H and O–H groups in total. The largest absolute Gasteiger partial charge is 0.494 e. The second-order valence-electron chi connectivity index (χ2n) is 7.52. The molecule has 32 heavy (non-hydrogen) atoms. The molecule has 0 bridgehead atoms. The quantitative estimate of drug-likeness (QED) is 0.220. The van der Waals surface area contributed by atoms with Gasteiger partial charge in [-0.05, 0) is 36.6 Å². The molecule has 9 heteroatoms. The Bertz CT molecular complexity index is 853.